The minimum atomic E-state index is -3.38. The predicted octanol–water partition coefficient (Wildman–Crippen LogP) is 1.35. The van der Waals surface area contributed by atoms with E-state index in [-0.39, 0.29) is 0 Å². The van der Waals surface area contributed by atoms with Crippen molar-refractivity contribution in [2.45, 2.75) is 25.3 Å². The highest BCUT2D eigenvalue weighted by molar-refractivity contribution is 7.89. The van der Waals surface area contributed by atoms with Crippen molar-refractivity contribution in [2.24, 2.45) is 0 Å². The summed E-state index contributed by atoms with van der Waals surface area (Å²) >= 11 is 1.54. The fourth-order valence-electron chi connectivity index (χ4n) is 1.74. The van der Waals surface area contributed by atoms with Crippen LogP contribution in [0.3, 0.4) is 0 Å². The highest BCUT2D eigenvalue weighted by Gasteiger charge is 2.24. The molecule has 0 radical (unpaired) electrons. The Kier molecular flexibility index (Phi) is 6.60. The summed E-state index contributed by atoms with van der Waals surface area (Å²) in [6, 6.07) is 1.80. The second kappa shape index (κ2) is 7.51. The smallest absolute Gasteiger partial charge is 0.243 e. The summed E-state index contributed by atoms with van der Waals surface area (Å²) < 4.78 is 26.5. The van der Waals surface area contributed by atoms with Crippen LogP contribution < -0.4 is 5.32 Å². The van der Waals surface area contributed by atoms with Crippen molar-refractivity contribution < 1.29 is 8.42 Å². The molecular weight excluding hydrogens is 294 g/mol. The highest BCUT2D eigenvalue weighted by atomic mass is 32.2. The van der Waals surface area contributed by atoms with Gasteiger partial charge in [0.05, 0.1) is 4.90 Å². The molecule has 0 atom stereocenters. The van der Waals surface area contributed by atoms with Crippen molar-refractivity contribution >= 4 is 21.4 Å². The van der Waals surface area contributed by atoms with Crippen LogP contribution in [0.2, 0.25) is 0 Å². The van der Waals surface area contributed by atoms with Crippen LogP contribution >= 0.6 is 11.3 Å². The second-order valence-corrected chi connectivity index (χ2v) is 8.40. The molecular formula is C13H25N3O2S2. The van der Waals surface area contributed by atoms with Gasteiger partial charge in [0.1, 0.15) is 0 Å². The van der Waals surface area contributed by atoms with Crippen molar-refractivity contribution in [3.8, 4) is 0 Å². The van der Waals surface area contributed by atoms with Crippen LogP contribution in [0.15, 0.2) is 11.0 Å². The van der Waals surface area contributed by atoms with Gasteiger partial charge in [0.2, 0.25) is 10.0 Å². The zero-order valence-electron chi connectivity index (χ0n) is 12.9. The zero-order valence-corrected chi connectivity index (χ0v) is 14.6. The fourth-order valence-corrected chi connectivity index (χ4v) is 4.48. The van der Waals surface area contributed by atoms with Gasteiger partial charge in [0.25, 0.3) is 0 Å². The molecule has 0 aliphatic carbocycles. The molecule has 0 unspecified atom stereocenters. The number of sulfonamides is 1. The van der Waals surface area contributed by atoms with Gasteiger partial charge >= 0.3 is 0 Å². The Labute approximate surface area is 126 Å². The third-order valence-corrected chi connectivity index (χ3v) is 6.19. The van der Waals surface area contributed by atoms with E-state index in [9.17, 15) is 8.42 Å². The number of likely N-dealkylation sites (N-methyl/N-ethyl adjacent to an activating group) is 2. The molecule has 7 heteroatoms. The first kappa shape index (κ1) is 17.6. The SMILES string of the molecule is CCNCc1cc(S(=O)(=O)N(C)CCN(C)C)c(C)s1. The van der Waals surface area contributed by atoms with Gasteiger partial charge in [-0.25, -0.2) is 8.42 Å². The number of thiophene rings is 1. The van der Waals surface area contributed by atoms with Gasteiger partial charge in [-0.2, -0.15) is 4.31 Å². The maximum atomic E-state index is 12.5. The predicted molar refractivity (Wildman–Crippen MR) is 84.8 cm³/mol. The largest absolute Gasteiger partial charge is 0.312 e. The van der Waals surface area contributed by atoms with Gasteiger partial charge in [0.15, 0.2) is 0 Å². The maximum absolute atomic E-state index is 12.5. The number of rotatable bonds is 8. The molecule has 0 fully saturated rings. The minimum Gasteiger partial charge on any atom is -0.312 e. The number of nitrogens with one attached hydrogen (secondary N) is 1. The van der Waals surface area contributed by atoms with E-state index in [0.717, 1.165) is 22.8 Å². The Morgan fingerprint density at radius 1 is 1.25 bits per heavy atom. The van der Waals surface area contributed by atoms with Crippen LogP contribution in [-0.2, 0) is 16.6 Å². The van der Waals surface area contributed by atoms with E-state index in [1.165, 1.54) is 4.31 Å². The molecule has 0 saturated carbocycles. The van der Waals surface area contributed by atoms with E-state index in [1.807, 2.05) is 32.8 Å². The molecule has 0 bridgehead atoms. The van der Waals surface area contributed by atoms with Gasteiger partial charge in [-0.05, 0) is 33.6 Å². The molecule has 0 aromatic carbocycles. The van der Waals surface area contributed by atoms with E-state index in [2.05, 4.69) is 5.32 Å². The number of nitrogens with zero attached hydrogens (tertiary/aromatic N) is 2. The van der Waals surface area contributed by atoms with Crippen molar-refractivity contribution in [1.29, 1.82) is 0 Å². The van der Waals surface area contributed by atoms with Crippen LogP contribution in [0.5, 0.6) is 0 Å². The molecule has 1 aromatic rings. The summed E-state index contributed by atoms with van der Waals surface area (Å²) in [5.41, 5.74) is 0. The molecule has 0 spiro atoms. The number of aryl methyl sites for hydroxylation is 1. The minimum absolute atomic E-state index is 0.441. The summed E-state index contributed by atoms with van der Waals surface area (Å²) in [7, 11) is 2.13. The first-order valence-corrected chi connectivity index (χ1v) is 8.95. The lowest BCUT2D eigenvalue weighted by Crippen LogP contribution is -2.33. The molecule has 0 aliphatic rings. The molecule has 0 aliphatic heterocycles. The molecule has 1 N–H and O–H groups in total. The van der Waals surface area contributed by atoms with Crippen LogP contribution in [0.4, 0.5) is 0 Å². The van der Waals surface area contributed by atoms with Crippen molar-refractivity contribution in [3.63, 3.8) is 0 Å². The van der Waals surface area contributed by atoms with E-state index in [4.69, 9.17) is 0 Å². The van der Waals surface area contributed by atoms with Crippen LogP contribution in [0, 0.1) is 6.92 Å². The zero-order chi connectivity index (χ0) is 15.3. The summed E-state index contributed by atoms with van der Waals surface area (Å²) in [4.78, 5) is 4.33. The van der Waals surface area contributed by atoms with Crippen LogP contribution in [0.1, 0.15) is 16.7 Å². The van der Waals surface area contributed by atoms with Gasteiger partial charge in [0, 0.05) is 36.4 Å². The maximum Gasteiger partial charge on any atom is 0.243 e. The summed E-state index contributed by atoms with van der Waals surface area (Å²) in [5.74, 6) is 0. The number of hydrogen-bond acceptors (Lipinski definition) is 5. The van der Waals surface area contributed by atoms with Crippen molar-refractivity contribution in [2.75, 3.05) is 40.8 Å². The lowest BCUT2D eigenvalue weighted by molar-refractivity contribution is 0.358. The molecule has 5 nitrogen and oxygen atoms in total. The Morgan fingerprint density at radius 3 is 2.45 bits per heavy atom. The Hall–Kier alpha value is -0.470. The van der Waals surface area contributed by atoms with E-state index in [0.29, 0.717) is 18.0 Å². The topological polar surface area (TPSA) is 52.7 Å². The third kappa shape index (κ3) is 4.53. The first-order chi connectivity index (χ1) is 9.28. The van der Waals surface area contributed by atoms with Crippen molar-refractivity contribution in [3.05, 3.63) is 15.8 Å². The Morgan fingerprint density at radius 2 is 1.90 bits per heavy atom. The van der Waals surface area contributed by atoms with E-state index in [1.54, 1.807) is 24.5 Å². The third-order valence-electron chi connectivity index (χ3n) is 3.02. The molecule has 0 amide bonds. The molecule has 1 heterocycles. The number of hydrogen-bond donors (Lipinski definition) is 1. The lowest BCUT2D eigenvalue weighted by atomic mass is 10.4. The fraction of sp³-hybridized carbons (Fsp3) is 0.692. The summed E-state index contributed by atoms with van der Waals surface area (Å²) in [6.07, 6.45) is 0. The molecule has 0 saturated heterocycles. The molecule has 1 rings (SSSR count). The Bertz CT molecular complexity index is 524. The van der Waals surface area contributed by atoms with E-state index < -0.39 is 10.0 Å². The van der Waals surface area contributed by atoms with Crippen molar-refractivity contribution in [1.82, 2.24) is 14.5 Å². The van der Waals surface area contributed by atoms with Gasteiger partial charge in [-0.3, -0.25) is 0 Å². The molecule has 20 heavy (non-hydrogen) atoms. The summed E-state index contributed by atoms with van der Waals surface area (Å²) in [5, 5.41) is 3.22. The normalized spacial score (nSPS) is 12.6. The lowest BCUT2D eigenvalue weighted by Gasteiger charge is -2.19. The molecule has 116 valence electrons. The quantitative estimate of drug-likeness (QED) is 0.786. The van der Waals surface area contributed by atoms with Gasteiger partial charge in [-0.1, -0.05) is 6.92 Å². The van der Waals surface area contributed by atoms with Crippen LogP contribution in [0.25, 0.3) is 0 Å². The highest BCUT2D eigenvalue weighted by Crippen LogP contribution is 2.27. The first-order valence-electron chi connectivity index (χ1n) is 6.70. The van der Waals surface area contributed by atoms with E-state index >= 15 is 0 Å². The standard InChI is InChI=1S/C13H25N3O2S2/c1-6-14-10-12-9-13(11(2)19-12)20(17,18)16(5)8-7-15(3)4/h9,14H,6-8,10H2,1-5H3. The monoisotopic (exact) mass is 319 g/mol. The second-order valence-electron chi connectivity index (χ2n) is 5.04. The molecule has 1 aromatic heterocycles. The van der Waals surface area contributed by atoms with Gasteiger partial charge < -0.3 is 10.2 Å². The average molecular weight is 319 g/mol. The van der Waals surface area contributed by atoms with Gasteiger partial charge in [-0.15, -0.1) is 11.3 Å². The van der Waals surface area contributed by atoms with Crippen LogP contribution in [-0.4, -0.2) is 58.4 Å². The average Bonchev–Trinajstić information content (AvgIpc) is 2.75. The summed E-state index contributed by atoms with van der Waals surface area (Å²) in [6.45, 7) is 6.71. The Balaban J connectivity index is 2.88.